The zero-order valence-electron chi connectivity index (χ0n) is 12.2. The third-order valence-electron chi connectivity index (χ3n) is 2.87. The molecule has 0 unspecified atom stereocenters. The number of ether oxygens (including phenoxy) is 2. The van der Waals surface area contributed by atoms with Crippen LogP contribution in [-0.4, -0.2) is 23.5 Å². The van der Waals surface area contributed by atoms with Gasteiger partial charge in [0.1, 0.15) is 0 Å². The lowest BCUT2D eigenvalue weighted by molar-refractivity contribution is -0.222. The van der Waals surface area contributed by atoms with E-state index in [1.807, 2.05) is 0 Å². The maximum absolute atomic E-state index is 11.8. The van der Waals surface area contributed by atoms with Gasteiger partial charge in [0.15, 0.2) is 11.4 Å². The summed E-state index contributed by atoms with van der Waals surface area (Å²) in [5.41, 5.74) is 0.599. The third kappa shape index (κ3) is 3.36. The number of anilines is 1. The largest absolute Gasteiger partial charge is 0.419 e. The molecule has 0 radical (unpaired) electrons. The van der Waals surface area contributed by atoms with Gasteiger partial charge in [0, 0.05) is 30.1 Å². The normalized spacial score (nSPS) is 16.6. The second-order valence-corrected chi connectivity index (χ2v) is 5.95. The van der Waals surface area contributed by atoms with Crippen LogP contribution in [0.15, 0.2) is 34.4 Å². The molecule has 1 heterocycles. The van der Waals surface area contributed by atoms with Gasteiger partial charge in [-0.25, -0.2) is 9.59 Å². The summed E-state index contributed by atoms with van der Waals surface area (Å²) < 4.78 is 10.6. The molecule has 116 valence electrons. The number of halogens is 1. The lowest BCUT2D eigenvalue weighted by Crippen LogP contribution is -2.42. The standard InChI is InChI=1S/C15H14BrNO5/c1-8(18)9-5-4-6-11(16)12(9)17-7-10-13(19)21-15(2,3)22-14(10)20/h4-7,17H,1-3H3. The van der Waals surface area contributed by atoms with Gasteiger partial charge in [-0.15, -0.1) is 0 Å². The van der Waals surface area contributed by atoms with Crippen LogP contribution in [0.3, 0.4) is 0 Å². The molecule has 0 atom stereocenters. The van der Waals surface area contributed by atoms with E-state index < -0.39 is 17.7 Å². The average Bonchev–Trinajstić information content (AvgIpc) is 2.37. The second-order valence-electron chi connectivity index (χ2n) is 5.10. The highest BCUT2D eigenvalue weighted by Gasteiger charge is 2.39. The first kappa shape index (κ1) is 16.2. The van der Waals surface area contributed by atoms with Crippen LogP contribution in [0.2, 0.25) is 0 Å². The lowest BCUT2D eigenvalue weighted by Gasteiger charge is -2.29. The molecule has 0 aliphatic carbocycles. The van der Waals surface area contributed by atoms with Gasteiger partial charge in [-0.3, -0.25) is 4.79 Å². The van der Waals surface area contributed by atoms with Crippen LogP contribution < -0.4 is 5.32 Å². The number of benzene rings is 1. The highest BCUT2D eigenvalue weighted by molar-refractivity contribution is 9.10. The van der Waals surface area contributed by atoms with Crippen LogP contribution in [0.25, 0.3) is 0 Å². The van der Waals surface area contributed by atoms with Crippen molar-refractivity contribution in [2.45, 2.75) is 26.6 Å². The minimum absolute atomic E-state index is 0.155. The number of hydrogen-bond acceptors (Lipinski definition) is 6. The van der Waals surface area contributed by atoms with Crippen LogP contribution in [0.5, 0.6) is 0 Å². The number of nitrogens with one attached hydrogen (secondary N) is 1. The van der Waals surface area contributed by atoms with Crippen LogP contribution in [0, 0.1) is 0 Å². The summed E-state index contributed by atoms with van der Waals surface area (Å²) >= 11 is 3.31. The Labute approximate surface area is 135 Å². The number of para-hydroxylation sites is 1. The van der Waals surface area contributed by atoms with Gasteiger partial charge in [0.05, 0.1) is 5.69 Å². The lowest BCUT2D eigenvalue weighted by atomic mass is 10.1. The van der Waals surface area contributed by atoms with Gasteiger partial charge in [-0.1, -0.05) is 6.07 Å². The predicted octanol–water partition coefficient (Wildman–Crippen LogP) is 2.78. The summed E-state index contributed by atoms with van der Waals surface area (Å²) in [6, 6.07) is 5.08. The maximum Gasteiger partial charge on any atom is 0.350 e. The monoisotopic (exact) mass is 367 g/mol. The number of carbonyl (C=O) groups excluding carboxylic acids is 3. The quantitative estimate of drug-likeness (QED) is 0.382. The number of rotatable bonds is 3. The highest BCUT2D eigenvalue weighted by Crippen LogP contribution is 2.28. The van der Waals surface area contributed by atoms with Crippen molar-refractivity contribution in [2.24, 2.45) is 0 Å². The van der Waals surface area contributed by atoms with Crippen molar-refractivity contribution in [1.29, 1.82) is 0 Å². The Morgan fingerprint density at radius 3 is 2.36 bits per heavy atom. The Morgan fingerprint density at radius 2 is 1.82 bits per heavy atom. The van der Waals surface area contributed by atoms with Gasteiger partial charge in [0.2, 0.25) is 0 Å². The molecule has 2 rings (SSSR count). The summed E-state index contributed by atoms with van der Waals surface area (Å²) in [5.74, 6) is -3.02. The average molecular weight is 368 g/mol. The highest BCUT2D eigenvalue weighted by atomic mass is 79.9. The molecule has 0 amide bonds. The molecule has 1 aromatic rings. The number of cyclic esters (lactones) is 2. The van der Waals surface area contributed by atoms with Crippen LogP contribution in [0.1, 0.15) is 31.1 Å². The van der Waals surface area contributed by atoms with Crippen molar-refractivity contribution < 1.29 is 23.9 Å². The molecular formula is C15H14BrNO5. The molecular weight excluding hydrogens is 354 g/mol. The van der Waals surface area contributed by atoms with Gasteiger partial charge in [-0.2, -0.15) is 0 Å². The van der Waals surface area contributed by atoms with Gasteiger partial charge in [0.25, 0.3) is 5.79 Å². The molecule has 1 fully saturated rings. The molecule has 22 heavy (non-hydrogen) atoms. The molecule has 0 saturated carbocycles. The summed E-state index contributed by atoms with van der Waals surface area (Å²) in [5, 5.41) is 2.79. The van der Waals surface area contributed by atoms with Crippen molar-refractivity contribution in [2.75, 3.05) is 5.32 Å². The van der Waals surface area contributed by atoms with E-state index in [1.165, 1.54) is 27.0 Å². The topological polar surface area (TPSA) is 81.7 Å². The zero-order chi connectivity index (χ0) is 16.5. The van der Waals surface area contributed by atoms with E-state index in [4.69, 9.17) is 9.47 Å². The Bertz CT molecular complexity index is 671. The minimum Gasteiger partial charge on any atom is -0.419 e. The Balaban J connectivity index is 2.31. The molecule has 6 nitrogen and oxygen atoms in total. The van der Waals surface area contributed by atoms with E-state index in [9.17, 15) is 14.4 Å². The fourth-order valence-electron chi connectivity index (χ4n) is 1.89. The van der Waals surface area contributed by atoms with Crippen molar-refractivity contribution >= 4 is 39.3 Å². The zero-order valence-corrected chi connectivity index (χ0v) is 13.8. The first-order chi connectivity index (χ1) is 10.2. The number of esters is 2. The van der Waals surface area contributed by atoms with E-state index in [0.29, 0.717) is 15.7 Å². The Kier molecular flexibility index (Phi) is 4.37. The number of carbonyl (C=O) groups is 3. The number of hydrogen-bond donors (Lipinski definition) is 1. The maximum atomic E-state index is 11.8. The van der Waals surface area contributed by atoms with Crippen molar-refractivity contribution in [3.05, 3.63) is 40.0 Å². The summed E-state index contributed by atoms with van der Waals surface area (Å²) in [7, 11) is 0. The molecule has 0 aromatic heterocycles. The van der Waals surface area contributed by atoms with Crippen LogP contribution in [0.4, 0.5) is 5.69 Å². The first-order valence-corrected chi connectivity index (χ1v) is 7.23. The van der Waals surface area contributed by atoms with E-state index in [-0.39, 0.29) is 11.4 Å². The van der Waals surface area contributed by atoms with E-state index in [0.717, 1.165) is 0 Å². The Hall–Kier alpha value is -2.15. The fourth-order valence-corrected chi connectivity index (χ4v) is 2.37. The van der Waals surface area contributed by atoms with Gasteiger partial charge < -0.3 is 14.8 Å². The predicted molar refractivity (Wildman–Crippen MR) is 82.1 cm³/mol. The van der Waals surface area contributed by atoms with E-state index in [2.05, 4.69) is 21.2 Å². The summed E-state index contributed by atoms with van der Waals surface area (Å²) in [4.78, 5) is 35.3. The Morgan fingerprint density at radius 1 is 1.23 bits per heavy atom. The summed E-state index contributed by atoms with van der Waals surface area (Å²) in [6.45, 7) is 4.36. The SMILES string of the molecule is CC(=O)c1cccc(Br)c1NC=C1C(=O)OC(C)(C)OC1=O. The fraction of sp³-hybridized carbons (Fsp3) is 0.267. The molecule has 1 saturated heterocycles. The molecule has 1 aromatic carbocycles. The van der Waals surface area contributed by atoms with Crippen molar-refractivity contribution in [1.82, 2.24) is 0 Å². The van der Waals surface area contributed by atoms with Gasteiger partial charge in [-0.05, 0) is 35.0 Å². The summed E-state index contributed by atoms with van der Waals surface area (Å²) in [6.07, 6.45) is 1.17. The molecule has 1 N–H and O–H groups in total. The second kappa shape index (κ2) is 5.92. The van der Waals surface area contributed by atoms with Gasteiger partial charge >= 0.3 is 11.9 Å². The first-order valence-electron chi connectivity index (χ1n) is 6.44. The third-order valence-corrected chi connectivity index (χ3v) is 3.53. The van der Waals surface area contributed by atoms with Crippen LogP contribution >= 0.6 is 15.9 Å². The molecule has 0 bridgehead atoms. The molecule has 0 spiro atoms. The van der Waals surface area contributed by atoms with E-state index in [1.54, 1.807) is 18.2 Å². The van der Waals surface area contributed by atoms with E-state index >= 15 is 0 Å². The van der Waals surface area contributed by atoms with Crippen LogP contribution in [-0.2, 0) is 19.1 Å². The minimum atomic E-state index is -1.29. The number of ketones is 1. The molecule has 1 aliphatic heterocycles. The molecule has 1 aliphatic rings. The smallest absolute Gasteiger partial charge is 0.350 e. The van der Waals surface area contributed by atoms with Crippen molar-refractivity contribution in [3.63, 3.8) is 0 Å². The number of Topliss-reactive ketones (excluding diaryl/α,β-unsaturated/α-hetero) is 1. The van der Waals surface area contributed by atoms with Crippen molar-refractivity contribution in [3.8, 4) is 0 Å². The molecule has 7 heteroatoms.